The number of sulfonamides is 1. The van der Waals surface area contributed by atoms with E-state index in [1.54, 1.807) is 37.3 Å². The standard InChI is InChI=1S/C18H19ClN2O4S2/c1-13(18(22)14-2-4-15(19)5-3-14)26-17-7-6-16(12-20-17)27(23,24)21-8-10-25-11-9-21/h2-7,12-13H,8-11H2,1H3. The normalized spacial score (nSPS) is 16.8. The molecule has 0 N–H and O–H groups in total. The van der Waals surface area contributed by atoms with Gasteiger partial charge < -0.3 is 4.74 Å². The zero-order valence-electron chi connectivity index (χ0n) is 14.7. The van der Waals surface area contributed by atoms with Gasteiger partial charge in [-0.3, -0.25) is 4.79 Å². The Morgan fingerprint density at radius 2 is 1.85 bits per heavy atom. The number of Topliss-reactive ketones (excluding diaryl/α,β-unsaturated/α-hetero) is 1. The summed E-state index contributed by atoms with van der Waals surface area (Å²) in [7, 11) is -3.57. The second-order valence-electron chi connectivity index (χ2n) is 5.98. The molecule has 27 heavy (non-hydrogen) atoms. The fourth-order valence-corrected chi connectivity index (χ4v) is 4.95. The molecule has 0 spiro atoms. The first kappa shape index (κ1) is 20.3. The maximum absolute atomic E-state index is 12.6. The van der Waals surface area contributed by atoms with Crippen molar-refractivity contribution in [3.05, 3.63) is 53.2 Å². The van der Waals surface area contributed by atoms with E-state index in [9.17, 15) is 13.2 Å². The van der Waals surface area contributed by atoms with Gasteiger partial charge in [0, 0.05) is 29.9 Å². The fraction of sp³-hybridized carbons (Fsp3) is 0.333. The van der Waals surface area contributed by atoms with Crippen LogP contribution in [0.1, 0.15) is 17.3 Å². The lowest BCUT2D eigenvalue weighted by Crippen LogP contribution is -2.40. The highest BCUT2D eigenvalue weighted by Crippen LogP contribution is 2.26. The highest BCUT2D eigenvalue weighted by Gasteiger charge is 2.26. The van der Waals surface area contributed by atoms with Gasteiger partial charge in [0.15, 0.2) is 5.78 Å². The van der Waals surface area contributed by atoms with Crippen LogP contribution in [0.3, 0.4) is 0 Å². The predicted octanol–water partition coefficient (Wildman–Crippen LogP) is 3.12. The van der Waals surface area contributed by atoms with E-state index in [2.05, 4.69) is 4.98 Å². The lowest BCUT2D eigenvalue weighted by molar-refractivity contribution is 0.0730. The monoisotopic (exact) mass is 426 g/mol. The third-order valence-electron chi connectivity index (χ3n) is 4.11. The Bertz CT molecular complexity index is 896. The van der Waals surface area contributed by atoms with Crippen LogP contribution in [0.2, 0.25) is 5.02 Å². The molecule has 1 aromatic heterocycles. The number of carbonyl (C=O) groups is 1. The first-order valence-electron chi connectivity index (χ1n) is 8.38. The van der Waals surface area contributed by atoms with Crippen LogP contribution in [-0.2, 0) is 14.8 Å². The SMILES string of the molecule is CC(Sc1ccc(S(=O)(=O)N2CCOCC2)cn1)C(=O)c1ccc(Cl)cc1. The zero-order chi connectivity index (χ0) is 19.4. The summed E-state index contributed by atoms with van der Waals surface area (Å²) in [4.78, 5) is 16.9. The molecular formula is C18H19ClN2O4S2. The summed E-state index contributed by atoms with van der Waals surface area (Å²) >= 11 is 7.13. The number of rotatable bonds is 6. The number of pyridine rings is 1. The number of ketones is 1. The van der Waals surface area contributed by atoms with Gasteiger partial charge in [-0.25, -0.2) is 13.4 Å². The molecule has 9 heteroatoms. The van der Waals surface area contributed by atoms with E-state index in [0.29, 0.717) is 41.9 Å². The smallest absolute Gasteiger partial charge is 0.244 e. The molecular weight excluding hydrogens is 408 g/mol. The van der Waals surface area contributed by atoms with Crippen molar-refractivity contribution in [2.45, 2.75) is 22.1 Å². The van der Waals surface area contributed by atoms with Crippen molar-refractivity contribution in [1.29, 1.82) is 0 Å². The molecule has 0 saturated carbocycles. The van der Waals surface area contributed by atoms with Gasteiger partial charge >= 0.3 is 0 Å². The molecule has 0 bridgehead atoms. The summed E-state index contributed by atoms with van der Waals surface area (Å²) < 4.78 is 31.8. The van der Waals surface area contributed by atoms with E-state index in [4.69, 9.17) is 16.3 Å². The molecule has 1 unspecified atom stereocenters. The van der Waals surface area contributed by atoms with Gasteiger partial charge in [0.25, 0.3) is 0 Å². The van der Waals surface area contributed by atoms with Crippen molar-refractivity contribution < 1.29 is 17.9 Å². The number of hydrogen-bond donors (Lipinski definition) is 0. The second-order valence-corrected chi connectivity index (χ2v) is 9.72. The number of benzene rings is 1. The number of thioether (sulfide) groups is 1. The average molecular weight is 427 g/mol. The van der Waals surface area contributed by atoms with Crippen LogP contribution < -0.4 is 0 Å². The van der Waals surface area contributed by atoms with Crippen molar-refractivity contribution in [2.75, 3.05) is 26.3 Å². The highest BCUT2D eigenvalue weighted by atomic mass is 35.5. The molecule has 0 aliphatic carbocycles. The number of hydrogen-bond acceptors (Lipinski definition) is 6. The van der Waals surface area contributed by atoms with Crippen molar-refractivity contribution >= 4 is 39.2 Å². The molecule has 1 atom stereocenters. The van der Waals surface area contributed by atoms with Crippen molar-refractivity contribution in [1.82, 2.24) is 9.29 Å². The Labute approximate surface area is 167 Å². The number of aromatic nitrogens is 1. The van der Waals surface area contributed by atoms with Gasteiger partial charge in [-0.1, -0.05) is 23.4 Å². The first-order chi connectivity index (χ1) is 12.9. The van der Waals surface area contributed by atoms with E-state index in [1.807, 2.05) is 0 Å². The van der Waals surface area contributed by atoms with Gasteiger partial charge in [0.2, 0.25) is 10.0 Å². The molecule has 0 radical (unpaired) electrons. The number of nitrogens with zero attached hydrogens (tertiary/aromatic N) is 2. The van der Waals surface area contributed by atoms with Crippen LogP contribution in [0, 0.1) is 0 Å². The highest BCUT2D eigenvalue weighted by molar-refractivity contribution is 8.00. The minimum Gasteiger partial charge on any atom is -0.379 e. The van der Waals surface area contributed by atoms with Gasteiger partial charge in [-0.05, 0) is 43.3 Å². The molecule has 2 heterocycles. The van der Waals surface area contributed by atoms with Gasteiger partial charge in [0.05, 0.1) is 23.5 Å². The summed E-state index contributed by atoms with van der Waals surface area (Å²) in [5, 5.41) is 0.803. The van der Waals surface area contributed by atoms with E-state index >= 15 is 0 Å². The minimum absolute atomic E-state index is 0.0384. The summed E-state index contributed by atoms with van der Waals surface area (Å²) in [6, 6.07) is 9.88. The molecule has 1 aliphatic rings. The van der Waals surface area contributed by atoms with E-state index in [0.717, 1.165) is 0 Å². The van der Waals surface area contributed by atoms with Gasteiger partial charge in [-0.15, -0.1) is 0 Å². The number of ether oxygens (including phenoxy) is 1. The van der Waals surface area contributed by atoms with Crippen molar-refractivity contribution in [3.8, 4) is 0 Å². The molecule has 1 saturated heterocycles. The molecule has 6 nitrogen and oxygen atoms in total. The predicted molar refractivity (Wildman–Crippen MR) is 105 cm³/mol. The Kier molecular flexibility index (Phi) is 6.54. The molecule has 1 aromatic carbocycles. The molecule has 144 valence electrons. The van der Waals surface area contributed by atoms with Crippen molar-refractivity contribution in [2.24, 2.45) is 0 Å². The largest absolute Gasteiger partial charge is 0.379 e. The molecule has 1 aliphatic heterocycles. The second kappa shape index (κ2) is 8.70. The maximum atomic E-state index is 12.6. The van der Waals surface area contributed by atoms with E-state index < -0.39 is 10.0 Å². The summed E-state index contributed by atoms with van der Waals surface area (Å²) in [6.07, 6.45) is 1.34. The van der Waals surface area contributed by atoms with Crippen LogP contribution in [0.15, 0.2) is 52.5 Å². The van der Waals surface area contributed by atoms with Crippen LogP contribution >= 0.6 is 23.4 Å². The topological polar surface area (TPSA) is 76.6 Å². The molecule has 3 rings (SSSR count). The van der Waals surface area contributed by atoms with Crippen LogP contribution in [-0.4, -0.2) is 55.0 Å². The summed E-state index contributed by atoms with van der Waals surface area (Å²) in [6.45, 7) is 3.26. The van der Waals surface area contributed by atoms with Gasteiger partial charge in [0.1, 0.15) is 4.90 Å². The summed E-state index contributed by atoms with van der Waals surface area (Å²) in [5.74, 6) is -0.0384. The van der Waals surface area contributed by atoms with Crippen LogP contribution in [0.4, 0.5) is 0 Å². The maximum Gasteiger partial charge on any atom is 0.244 e. The Morgan fingerprint density at radius 3 is 2.44 bits per heavy atom. The van der Waals surface area contributed by atoms with Crippen LogP contribution in [0.25, 0.3) is 0 Å². The fourth-order valence-electron chi connectivity index (χ4n) is 2.61. The quantitative estimate of drug-likeness (QED) is 0.521. The number of halogens is 1. The Morgan fingerprint density at radius 1 is 1.19 bits per heavy atom. The molecule has 1 fully saturated rings. The zero-order valence-corrected chi connectivity index (χ0v) is 17.1. The van der Waals surface area contributed by atoms with Crippen LogP contribution in [0.5, 0.6) is 0 Å². The third-order valence-corrected chi connectivity index (χ3v) is 7.30. The molecule has 0 amide bonds. The Balaban J connectivity index is 1.68. The summed E-state index contributed by atoms with van der Waals surface area (Å²) in [5.41, 5.74) is 0.575. The van der Waals surface area contributed by atoms with E-state index in [1.165, 1.54) is 28.3 Å². The lowest BCUT2D eigenvalue weighted by atomic mass is 10.1. The Hall–Kier alpha value is -1.45. The minimum atomic E-state index is -3.57. The third kappa shape index (κ3) is 4.89. The average Bonchev–Trinajstić information content (AvgIpc) is 2.69. The number of carbonyl (C=O) groups excluding carboxylic acids is 1. The lowest BCUT2D eigenvalue weighted by Gasteiger charge is -2.25. The molecule has 2 aromatic rings. The van der Waals surface area contributed by atoms with Gasteiger partial charge in [-0.2, -0.15) is 4.31 Å². The van der Waals surface area contributed by atoms with Crippen molar-refractivity contribution in [3.63, 3.8) is 0 Å². The number of morpholine rings is 1. The first-order valence-corrected chi connectivity index (χ1v) is 11.1. The van der Waals surface area contributed by atoms with E-state index in [-0.39, 0.29) is 15.9 Å².